The molecule has 1 fully saturated rings. The number of rotatable bonds is 5. The molecule has 202 valence electrons. The van der Waals surface area contributed by atoms with Crippen molar-refractivity contribution in [2.75, 3.05) is 11.1 Å². The number of hydrogen-bond acceptors (Lipinski definition) is 6. The fourth-order valence-electron chi connectivity index (χ4n) is 5.43. The van der Waals surface area contributed by atoms with Gasteiger partial charge in [0.2, 0.25) is 0 Å². The number of carbonyl (C=O) groups is 1. The van der Waals surface area contributed by atoms with Crippen LogP contribution in [-0.4, -0.2) is 36.3 Å². The van der Waals surface area contributed by atoms with Crippen molar-refractivity contribution in [2.45, 2.75) is 37.7 Å². The van der Waals surface area contributed by atoms with Crippen molar-refractivity contribution in [1.82, 2.24) is 19.2 Å². The van der Waals surface area contributed by atoms with Crippen LogP contribution < -0.4 is 16.6 Å². The van der Waals surface area contributed by atoms with Crippen molar-refractivity contribution in [2.24, 2.45) is 0 Å². The van der Waals surface area contributed by atoms with E-state index >= 15 is 4.39 Å². The Bertz CT molecular complexity index is 1770. The van der Waals surface area contributed by atoms with Crippen molar-refractivity contribution in [3.63, 3.8) is 0 Å². The number of anilines is 2. The molecular weight excluding hydrogens is 511 g/mol. The minimum absolute atomic E-state index is 0.0681. The van der Waals surface area contributed by atoms with E-state index in [1.165, 1.54) is 23.0 Å². The van der Waals surface area contributed by atoms with Crippen molar-refractivity contribution >= 4 is 22.9 Å². The fourth-order valence-corrected chi connectivity index (χ4v) is 5.43. The van der Waals surface area contributed by atoms with Crippen LogP contribution >= 0.6 is 0 Å². The Balaban J connectivity index is 1.31. The van der Waals surface area contributed by atoms with Crippen LogP contribution in [0, 0.1) is 5.82 Å². The van der Waals surface area contributed by atoms with Gasteiger partial charge in [0.25, 0.3) is 11.5 Å². The molecule has 40 heavy (non-hydrogen) atoms. The molecule has 1 amide bonds. The molecule has 0 radical (unpaired) electrons. The Morgan fingerprint density at radius 1 is 1.00 bits per heavy atom. The second kappa shape index (κ2) is 10.4. The van der Waals surface area contributed by atoms with Crippen LogP contribution in [0.1, 0.15) is 47.7 Å². The van der Waals surface area contributed by atoms with Gasteiger partial charge in [0.05, 0.1) is 6.10 Å². The number of aliphatic hydroxyl groups is 1. The summed E-state index contributed by atoms with van der Waals surface area (Å²) in [5.74, 6) is -0.848. The number of benzene rings is 2. The number of nitrogens with one attached hydrogen (secondary N) is 1. The summed E-state index contributed by atoms with van der Waals surface area (Å²) in [4.78, 5) is 30.1. The minimum Gasteiger partial charge on any atom is -0.393 e. The molecule has 0 aliphatic heterocycles. The lowest BCUT2D eigenvalue weighted by Crippen LogP contribution is -2.27. The first kappa shape index (κ1) is 25.4. The number of aliphatic hydroxyl groups excluding tert-OH is 1. The lowest BCUT2D eigenvalue weighted by molar-refractivity contribution is 0.102. The molecule has 0 spiro atoms. The van der Waals surface area contributed by atoms with Crippen molar-refractivity contribution in [3.05, 3.63) is 107 Å². The smallest absolute Gasteiger partial charge is 0.267 e. The lowest BCUT2D eigenvalue weighted by atomic mass is 9.85. The average molecular weight is 539 g/mol. The molecule has 0 unspecified atom stereocenters. The number of carbonyl (C=O) groups excluding carboxylic acids is 1. The molecule has 1 saturated carbocycles. The third-order valence-electron chi connectivity index (χ3n) is 7.47. The van der Waals surface area contributed by atoms with Crippen LogP contribution in [0.2, 0.25) is 0 Å². The van der Waals surface area contributed by atoms with Gasteiger partial charge in [-0.15, -0.1) is 0 Å². The monoisotopic (exact) mass is 538 g/mol. The molecule has 0 saturated heterocycles. The number of para-hydroxylation sites is 1. The fraction of sp³-hybridized carbons (Fsp3) is 0.200. The third kappa shape index (κ3) is 4.62. The number of aromatic nitrogens is 4. The molecule has 0 bridgehead atoms. The van der Waals surface area contributed by atoms with Crippen molar-refractivity contribution < 1.29 is 14.3 Å². The predicted octanol–water partition coefficient (Wildman–Crippen LogP) is 4.54. The summed E-state index contributed by atoms with van der Waals surface area (Å²) in [6.07, 6.45) is 5.61. The molecule has 1 aliphatic carbocycles. The van der Waals surface area contributed by atoms with E-state index in [0.717, 1.165) is 18.5 Å². The number of nitrogens with two attached hydrogens (primary N) is 1. The van der Waals surface area contributed by atoms with E-state index in [4.69, 9.17) is 5.73 Å². The molecule has 10 heteroatoms. The maximum atomic E-state index is 15.6. The molecule has 3 aromatic heterocycles. The molecule has 0 atom stereocenters. The van der Waals surface area contributed by atoms with Crippen molar-refractivity contribution in [1.29, 1.82) is 0 Å². The van der Waals surface area contributed by atoms with Gasteiger partial charge in [0.1, 0.15) is 23.2 Å². The first-order valence-corrected chi connectivity index (χ1v) is 13.1. The number of hydrogen-bond donors (Lipinski definition) is 3. The van der Waals surface area contributed by atoms with Gasteiger partial charge in [0.15, 0.2) is 5.82 Å². The van der Waals surface area contributed by atoms with Gasteiger partial charge in [-0.05, 0) is 74.2 Å². The van der Waals surface area contributed by atoms with Crippen LogP contribution in [0.4, 0.5) is 15.9 Å². The zero-order valence-corrected chi connectivity index (χ0v) is 21.5. The lowest BCUT2D eigenvalue weighted by Gasteiger charge is -2.24. The zero-order valence-electron chi connectivity index (χ0n) is 21.5. The minimum atomic E-state index is -0.642. The van der Waals surface area contributed by atoms with Gasteiger partial charge in [0, 0.05) is 40.3 Å². The number of pyridine rings is 1. The maximum Gasteiger partial charge on any atom is 0.267 e. The van der Waals surface area contributed by atoms with Gasteiger partial charge in [-0.2, -0.15) is 5.10 Å². The second-order valence-corrected chi connectivity index (χ2v) is 9.98. The molecule has 5 aromatic rings. The molecule has 4 N–H and O–H groups in total. The Kier molecular flexibility index (Phi) is 6.61. The second-order valence-electron chi connectivity index (χ2n) is 9.98. The van der Waals surface area contributed by atoms with Gasteiger partial charge in [-0.3, -0.25) is 14.2 Å². The quantitative estimate of drug-likeness (QED) is 0.302. The van der Waals surface area contributed by atoms with Crippen molar-refractivity contribution in [3.8, 4) is 16.8 Å². The van der Waals surface area contributed by atoms with E-state index in [1.54, 1.807) is 53.2 Å². The molecule has 6 rings (SSSR count). The largest absolute Gasteiger partial charge is 0.393 e. The molecular formula is C30H27FN6O3. The highest BCUT2D eigenvalue weighted by Crippen LogP contribution is 2.39. The number of amides is 1. The standard InChI is InChI=1S/C30H27FN6O3/c31-25-15-19(35-29(39)23-7-4-14-36(30(23)40)20-5-2-1-3-6-20)10-13-22(25)24-16-26(18-8-11-21(38)12-9-18)37-27(24)28(32)33-17-34-37/h1-7,10,13-18,21,38H,8-9,11-12H2,(H,35,39)(H2,32,33,34). The highest BCUT2D eigenvalue weighted by atomic mass is 19.1. The first-order valence-electron chi connectivity index (χ1n) is 13.1. The summed E-state index contributed by atoms with van der Waals surface area (Å²) in [6.45, 7) is 0. The highest BCUT2D eigenvalue weighted by molar-refractivity contribution is 6.04. The van der Waals surface area contributed by atoms with E-state index < -0.39 is 17.3 Å². The van der Waals surface area contributed by atoms with E-state index in [9.17, 15) is 14.7 Å². The SMILES string of the molecule is Nc1ncnn2c(C3CCC(O)CC3)cc(-c3ccc(NC(=O)c4cccn(-c5ccccc5)c4=O)cc3F)c12. The topological polar surface area (TPSA) is 128 Å². The maximum absolute atomic E-state index is 15.6. The summed E-state index contributed by atoms with van der Waals surface area (Å²) < 4.78 is 18.7. The normalized spacial score (nSPS) is 17.1. The number of nitrogens with zero attached hydrogens (tertiary/aromatic N) is 4. The van der Waals surface area contributed by atoms with Gasteiger partial charge in [-0.1, -0.05) is 18.2 Å². The first-order chi connectivity index (χ1) is 19.4. The van der Waals surface area contributed by atoms with Crippen LogP contribution in [0.15, 0.2) is 84.0 Å². The van der Waals surface area contributed by atoms with Crippen LogP contribution in [0.25, 0.3) is 22.3 Å². The molecule has 9 nitrogen and oxygen atoms in total. The Morgan fingerprint density at radius 2 is 1.77 bits per heavy atom. The average Bonchev–Trinajstić information content (AvgIpc) is 3.35. The summed E-state index contributed by atoms with van der Waals surface area (Å²) in [5.41, 5.74) is 8.72. The molecule has 1 aliphatic rings. The summed E-state index contributed by atoms with van der Waals surface area (Å²) in [7, 11) is 0. The summed E-state index contributed by atoms with van der Waals surface area (Å²) in [6, 6.07) is 18.3. The number of halogens is 1. The van der Waals surface area contributed by atoms with Crippen LogP contribution in [0.3, 0.4) is 0 Å². The summed E-state index contributed by atoms with van der Waals surface area (Å²) in [5, 5.41) is 17.0. The zero-order chi connectivity index (χ0) is 27.8. The van der Waals surface area contributed by atoms with Crippen LogP contribution in [0.5, 0.6) is 0 Å². The summed E-state index contributed by atoms with van der Waals surface area (Å²) >= 11 is 0. The Morgan fingerprint density at radius 3 is 2.52 bits per heavy atom. The van der Waals surface area contributed by atoms with Gasteiger partial charge in [-0.25, -0.2) is 13.9 Å². The third-order valence-corrected chi connectivity index (χ3v) is 7.47. The Hall–Kier alpha value is -4.83. The van der Waals surface area contributed by atoms with Gasteiger partial charge < -0.3 is 16.2 Å². The molecule has 3 heterocycles. The highest BCUT2D eigenvalue weighted by Gasteiger charge is 2.27. The van der Waals surface area contributed by atoms with E-state index in [0.29, 0.717) is 29.6 Å². The van der Waals surface area contributed by atoms with E-state index in [-0.39, 0.29) is 34.7 Å². The number of nitrogen functional groups attached to an aromatic ring is 1. The van der Waals surface area contributed by atoms with Crippen LogP contribution in [-0.2, 0) is 0 Å². The van der Waals surface area contributed by atoms with E-state index in [2.05, 4.69) is 15.4 Å². The Labute approximate surface area is 228 Å². The molecule has 2 aromatic carbocycles. The number of fused-ring (bicyclic) bond motifs is 1. The van der Waals surface area contributed by atoms with Gasteiger partial charge >= 0.3 is 0 Å². The predicted molar refractivity (Wildman–Crippen MR) is 150 cm³/mol. The van der Waals surface area contributed by atoms with E-state index in [1.807, 2.05) is 12.1 Å².